The molecule has 0 aromatic heterocycles. The fraction of sp³-hybridized carbons (Fsp3) is 0.522. The first-order valence-electron chi connectivity index (χ1n) is 19.7. The van der Waals surface area contributed by atoms with Gasteiger partial charge in [-0.15, -0.1) is 0 Å². The van der Waals surface area contributed by atoms with Crippen molar-refractivity contribution in [2.75, 3.05) is 12.3 Å². The van der Waals surface area contributed by atoms with Crippen LogP contribution in [0.25, 0.3) is 11.1 Å². The number of aryl methyl sites for hydroxylation is 2. The van der Waals surface area contributed by atoms with E-state index in [2.05, 4.69) is 50.9 Å². The number of rotatable bonds is 10. The van der Waals surface area contributed by atoms with E-state index in [9.17, 15) is 57.7 Å². The van der Waals surface area contributed by atoms with Crippen molar-refractivity contribution < 1.29 is 95.4 Å². The predicted octanol–water partition coefficient (Wildman–Crippen LogP) is 0.940. The summed E-state index contributed by atoms with van der Waals surface area (Å²) < 4.78 is 52.5. The molecule has 0 amide bonds. The van der Waals surface area contributed by atoms with E-state index >= 15 is 0 Å². The van der Waals surface area contributed by atoms with Crippen LogP contribution in [0.2, 0.25) is 0 Å². The Balaban J connectivity index is 0.000000601. The number of aliphatic carboxylic acids is 2. The van der Waals surface area contributed by atoms with Crippen molar-refractivity contribution in [1.82, 2.24) is 0 Å². The van der Waals surface area contributed by atoms with E-state index in [-0.39, 0.29) is 60.2 Å². The van der Waals surface area contributed by atoms with Crippen LogP contribution in [0.3, 0.4) is 0 Å². The number of carbonyl (C=O) groups excluding carboxylic acids is 2. The van der Waals surface area contributed by atoms with Crippen molar-refractivity contribution in [1.29, 1.82) is 0 Å². The molecule has 0 fully saturated rings. The third-order valence-corrected chi connectivity index (χ3v) is 13.3. The summed E-state index contributed by atoms with van der Waals surface area (Å²) in [6, 6.07) is 9.71. The number of carbonyl (C=O) groups is 2. The van der Waals surface area contributed by atoms with Crippen LogP contribution in [0.5, 0.6) is 0 Å². The van der Waals surface area contributed by atoms with Gasteiger partial charge in [0.15, 0.2) is 0 Å². The van der Waals surface area contributed by atoms with Gasteiger partial charge in [0.25, 0.3) is 14.7 Å². The summed E-state index contributed by atoms with van der Waals surface area (Å²) in [6.07, 6.45) is -2.80. The molecule has 2 unspecified atom stereocenters. The van der Waals surface area contributed by atoms with Gasteiger partial charge in [-0.2, -0.15) is 0 Å². The minimum absolute atomic E-state index is 0. The molecule has 0 radical (unpaired) electrons. The molecule has 0 bridgehead atoms. The number of hydrogen-bond acceptors (Lipinski definition) is 8. The topological polar surface area (TPSA) is 195 Å². The van der Waals surface area contributed by atoms with Gasteiger partial charge in [-0.25, -0.2) is 8.78 Å². The van der Waals surface area contributed by atoms with E-state index in [4.69, 9.17) is 0 Å². The zero-order chi connectivity index (χ0) is 45.8. The van der Waals surface area contributed by atoms with Gasteiger partial charge in [0.2, 0.25) is 0 Å². The average Bonchev–Trinajstić information content (AvgIpc) is 3.03. The van der Waals surface area contributed by atoms with Crippen LogP contribution in [0.4, 0.5) is 8.78 Å². The minimum atomic E-state index is -4.09. The Hall–Kier alpha value is -2.67. The minimum Gasteiger partial charge on any atom is -0.550 e. The number of benzene rings is 2. The maximum Gasteiger partial charge on any atom is 1.00 e. The molecule has 62 heavy (non-hydrogen) atoms. The van der Waals surface area contributed by atoms with Gasteiger partial charge in [0, 0.05) is 35.9 Å². The molecular weight excluding hydrogens is 826 g/mol. The molecule has 16 heteroatoms. The molecule has 2 aromatic carbocycles. The molecule has 2 aromatic rings. The molecule has 2 aliphatic rings. The largest absolute Gasteiger partial charge is 1.00 e. The second-order valence-corrected chi connectivity index (χ2v) is 23.1. The zero-order valence-electron chi connectivity index (χ0n) is 38.2. The molecule has 0 aliphatic heterocycles. The Bertz CT molecular complexity index is 2130. The van der Waals surface area contributed by atoms with Crippen molar-refractivity contribution in [3.63, 3.8) is 0 Å². The molecular formula is C46H58F2Li2O10P2. The standard InChI is InChI=1S/2C23H30FO5P.2Li/c2*1-15-10-16(6-7-20(15)24)18-12-22(2,3)14-23(4,5)19(18)8-9-30(28,29)13-17(25)11-21(26)27;;/h2*6-7,10,17,25H,11-14H2,1-5H3,(H,26,27)(H,28,29);;/q;;2*+1/p-2/t2*17-;;/m00../s1. The quantitative estimate of drug-likeness (QED) is 0.152. The number of halogens is 2. The van der Waals surface area contributed by atoms with Crippen LogP contribution in [-0.2, 0) is 18.7 Å². The summed E-state index contributed by atoms with van der Waals surface area (Å²) in [5, 5.41) is 40.5. The van der Waals surface area contributed by atoms with Gasteiger partial charge in [-0.3, -0.25) is 9.13 Å². The van der Waals surface area contributed by atoms with E-state index < -0.39 is 74.9 Å². The number of carboxylic acid groups (broad SMARTS) is 2. The van der Waals surface area contributed by atoms with Crippen LogP contribution in [-0.4, -0.2) is 56.5 Å². The number of aliphatic hydroxyl groups is 2. The van der Waals surface area contributed by atoms with Crippen LogP contribution >= 0.6 is 14.7 Å². The normalized spacial score (nSPS) is 20.0. The van der Waals surface area contributed by atoms with Gasteiger partial charge in [0.05, 0.1) is 24.5 Å². The molecule has 2 aliphatic carbocycles. The van der Waals surface area contributed by atoms with E-state index in [1.807, 2.05) is 27.7 Å². The SMILES string of the molecule is Cc1cc(C2=C(C#CP(=O)(O)C[C@@H](O)CC(=O)[O-])C(C)(C)CC(C)(C)C2)ccc1F.Cc1cc(C2=C(C#CP(=O)(O)C[C@@H](O)CC(=O)[O-])C(C)(C)CC(C)(C)C2)ccc1F.[Li+].[Li+]. The third kappa shape index (κ3) is 17.0. The molecule has 0 heterocycles. The van der Waals surface area contributed by atoms with Crippen LogP contribution in [0.1, 0.15) is 116 Å². The summed E-state index contributed by atoms with van der Waals surface area (Å²) in [7, 11) is -8.18. The molecule has 4 atom stereocenters. The van der Waals surface area contributed by atoms with Crippen molar-refractivity contribution in [2.45, 2.75) is 120 Å². The molecule has 0 saturated heterocycles. The van der Waals surface area contributed by atoms with E-state index in [0.29, 0.717) is 35.1 Å². The van der Waals surface area contributed by atoms with Gasteiger partial charge >= 0.3 is 37.7 Å². The Labute approximate surface area is 389 Å². The van der Waals surface area contributed by atoms with Crippen molar-refractivity contribution >= 4 is 37.8 Å². The van der Waals surface area contributed by atoms with Gasteiger partial charge in [0.1, 0.15) is 11.6 Å². The zero-order valence-corrected chi connectivity index (χ0v) is 40.0. The summed E-state index contributed by atoms with van der Waals surface area (Å²) >= 11 is 0. The Kier molecular flexibility index (Phi) is 20.4. The summed E-state index contributed by atoms with van der Waals surface area (Å²) in [6.45, 7) is 20.0. The van der Waals surface area contributed by atoms with E-state index in [1.54, 1.807) is 38.1 Å². The Morgan fingerprint density at radius 2 is 0.968 bits per heavy atom. The first kappa shape index (κ1) is 57.4. The van der Waals surface area contributed by atoms with Gasteiger partial charge in [-0.05, 0) is 130 Å². The second kappa shape index (κ2) is 22.0. The molecule has 328 valence electrons. The predicted molar refractivity (Wildman–Crippen MR) is 226 cm³/mol. The Morgan fingerprint density at radius 3 is 1.24 bits per heavy atom. The first-order valence-corrected chi connectivity index (χ1v) is 23.4. The van der Waals surface area contributed by atoms with Crippen LogP contribution < -0.4 is 47.9 Å². The molecule has 4 N–H and O–H groups in total. The maximum absolute atomic E-state index is 13.8. The molecule has 4 rings (SSSR count). The number of hydrogen-bond donors (Lipinski definition) is 4. The van der Waals surface area contributed by atoms with Crippen molar-refractivity contribution in [2.24, 2.45) is 21.7 Å². The number of allylic oxidation sites excluding steroid dienone is 4. The van der Waals surface area contributed by atoms with E-state index in [0.717, 1.165) is 35.1 Å². The van der Waals surface area contributed by atoms with Gasteiger partial charge < -0.3 is 39.8 Å². The summed E-state index contributed by atoms with van der Waals surface area (Å²) in [5.74, 6) is 2.16. The summed E-state index contributed by atoms with van der Waals surface area (Å²) in [5.41, 5.74) is 9.80. The number of aliphatic hydroxyl groups excluding tert-OH is 2. The van der Waals surface area contributed by atoms with Crippen molar-refractivity contribution in [3.05, 3.63) is 81.4 Å². The first-order chi connectivity index (χ1) is 27.2. The molecule has 0 spiro atoms. The fourth-order valence-corrected chi connectivity index (χ4v) is 10.9. The smallest absolute Gasteiger partial charge is 0.550 e. The maximum atomic E-state index is 13.8. The summed E-state index contributed by atoms with van der Waals surface area (Å²) in [4.78, 5) is 41.5. The van der Waals surface area contributed by atoms with Crippen LogP contribution in [0.15, 0.2) is 47.5 Å². The average molecular weight is 885 g/mol. The fourth-order valence-electron chi connectivity index (χ4n) is 8.76. The Morgan fingerprint density at radius 1 is 0.661 bits per heavy atom. The number of carboxylic acids is 2. The van der Waals surface area contributed by atoms with Crippen molar-refractivity contribution in [3.8, 4) is 23.2 Å². The van der Waals surface area contributed by atoms with Gasteiger partial charge in [-0.1, -0.05) is 79.4 Å². The third-order valence-electron chi connectivity index (χ3n) is 10.6. The second-order valence-electron chi connectivity index (χ2n) is 19.1. The monoisotopic (exact) mass is 884 g/mol. The van der Waals surface area contributed by atoms with E-state index in [1.165, 1.54) is 12.1 Å². The van der Waals surface area contributed by atoms with Crippen LogP contribution in [0, 0.1) is 70.3 Å². The molecule has 0 saturated carbocycles. The molecule has 10 nitrogen and oxygen atoms in total.